The van der Waals surface area contributed by atoms with Gasteiger partial charge in [-0.1, -0.05) is 162 Å². The van der Waals surface area contributed by atoms with Crippen LogP contribution in [-0.4, -0.2) is 16.1 Å². The zero-order valence-electron chi connectivity index (χ0n) is 42.1. The average molecular weight is 941 g/mol. The normalized spacial score (nSPS) is 14.0. The summed E-state index contributed by atoms with van der Waals surface area (Å²) < 4.78 is 0. The van der Waals surface area contributed by atoms with Gasteiger partial charge < -0.3 is 9.80 Å². The van der Waals surface area contributed by atoms with Gasteiger partial charge in [-0.15, -0.1) is 0 Å². The molecule has 2 aliphatic carbocycles. The molecule has 0 aliphatic heterocycles. The van der Waals surface area contributed by atoms with E-state index in [1.807, 2.05) is 24.3 Å². The van der Waals surface area contributed by atoms with Crippen molar-refractivity contribution in [3.63, 3.8) is 0 Å². The Labute approximate surface area is 417 Å². The van der Waals surface area contributed by atoms with Gasteiger partial charge in [0.1, 0.15) is 0 Å². The molecule has 70 heavy (non-hydrogen) atoms. The molecule has 0 spiro atoms. The molecule has 0 atom stereocenters. The van der Waals surface area contributed by atoms with Crippen molar-refractivity contribution in [3.8, 4) is 34.4 Å². The lowest BCUT2D eigenvalue weighted by Gasteiger charge is -2.29. The van der Waals surface area contributed by atoms with Crippen LogP contribution in [0.2, 0.25) is 39.3 Å². The molecule has 0 saturated heterocycles. The van der Waals surface area contributed by atoms with Gasteiger partial charge in [0.05, 0.1) is 39.4 Å². The first-order valence-electron chi connectivity index (χ1n) is 24.4. The van der Waals surface area contributed by atoms with Crippen LogP contribution in [0.25, 0.3) is 34.4 Å². The number of nitriles is 2. The van der Waals surface area contributed by atoms with Crippen LogP contribution in [0.1, 0.15) is 72.2 Å². The summed E-state index contributed by atoms with van der Waals surface area (Å²) in [4.78, 5) is 4.63. The van der Waals surface area contributed by atoms with Crippen molar-refractivity contribution in [2.45, 2.75) is 77.8 Å². The van der Waals surface area contributed by atoms with Gasteiger partial charge in [0.15, 0.2) is 0 Å². The molecule has 0 fully saturated rings. The molecule has 2 aliphatic rings. The van der Waals surface area contributed by atoms with Crippen molar-refractivity contribution in [3.05, 3.63) is 214 Å². The Hall–Kier alpha value is -7.49. The fourth-order valence-corrected chi connectivity index (χ4v) is 13.0. The summed E-state index contributed by atoms with van der Waals surface area (Å²) in [7, 11) is -2.96. The van der Waals surface area contributed by atoms with E-state index in [-0.39, 0.29) is 10.8 Å². The SMILES string of the molecule is CC1(C)c2cc(/C=C/c3ccc4c(c3)C(C)(C)c3cc(N(c5ccc(C#N)cc5)c5ccc([Si](C)(C)C)cc5)ccc3-4)ccc2-c2ccc(N(c3ccc(C#N)cc3)c3ccc([Si](C)(C)C)cc3)cc21. The largest absolute Gasteiger partial charge is 0.310 e. The predicted molar refractivity (Wildman–Crippen MR) is 302 cm³/mol. The summed E-state index contributed by atoms with van der Waals surface area (Å²) in [5.74, 6) is 0. The van der Waals surface area contributed by atoms with Gasteiger partial charge in [-0.25, -0.2) is 0 Å². The highest BCUT2D eigenvalue weighted by Crippen LogP contribution is 2.53. The first-order valence-corrected chi connectivity index (χ1v) is 31.4. The first kappa shape index (κ1) is 46.3. The lowest BCUT2D eigenvalue weighted by molar-refractivity contribution is 0.660. The highest BCUT2D eigenvalue weighted by molar-refractivity contribution is 6.89. The minimum atomic E-state index is -1.48. The van der Waals surface area contributed by atoms with Crippen LogP contribution in [0.3, 0.4) is 0 Å². The Morgan fingerprint density at radius 2 is 0.629 bits per heavy atom. The Morgan fingerprint density at radius 3 is 0.929 bits per heavy atom. The van der Waals surface area contributed by atoms with E-state index in [1.54, 1.807) is 0 Å². The second kappa shape index (κ2) is 17.2. The van der Waals surface area contributed by atoms with E-state index in [2.05, 4.69) is 247 Å². The molecule has 0 aromatic heterocycles. The fraction of sp³-hybridized carbons (Fsp3) is 0.188. The van der Waals surface area contributed by atoms with Gasteiger partial charge in [0, 0.05) is 45.0 Å². The van der Waals surface area contributed by atoms with Crippen molar-refractivity contribution in [2.24, 2.45) is 0 Å². The summed E-state index contributed by atoms with van der Waals surface area (Å²) in [6.07, 6.45) is 4.53. The van der Waals surface area contributed by atoms with Gasteiger partial charge in [-0.3, -0.25) is 0 Å². The number of hydrogen-bond donors (Lipinski definition) is 0. The van der Waals surface area contributed by atoms with E-state index in [9.17, 15) is 10.5 Å². The third-order valence-corrected chi connectivity index (χ3v) is 19.0. The van der Waals surface area contributed by atoms with E-state index < -0.39 is 16.1 Å². The number of nitrogens with zero attached hydrogens (tertiary/aromatic N) is 4. The summed E-state index contributed by atoms with van der Waals surface area (Å²) in [5.41, 5.74) is 20.0. The average Bonchev–Trinajstić information content (AvgIpc) is 3.71. The Kier molecular flexibility index (Phi) is 11.4. The number of hydrogen-bond acceptors (Lipinski definition) is 4. The van der Waals surface area contributed by atoms with Gasteiger partial charge in [-0.05, 0) is 153 Å². The predicted octanol–water partition coefficient (Wildman–Crippen LogP) is 16.2. The van der Waals surface area contributed by atoms with Crippen LogP contribution < -0.4 is 20.2 Å². The first-order chi connectivity index (χ1) is 33.3. The molecule has 4 nitrogen and oxygen atoms in total. The number of rotatable bonds is 10. The minimum absolute atomic E-state index is 0.224. The van der Waals surface area contributed by atoms with Crippen LogP contribution in [0, 0.1) is 22.7 Å². The molecule has 0 unspecified atom stereocenters. The molecule has 0 heterocycles. The molecule has 10 rings (SSSR count). The summed E-state index contributed by atoms with van der Waals surface area (Å²) in [6.45, 7) is 23.7. The van der Waals surface area contributed by atoms with E-state index in [4.69, 9.17) is 0 Å². The van der Waals surface area contributed by atoms with Crippen LogP contribution in [0.15, 0.2) is 170 Å². The molecule has 0 saturated carbocycles. The van der Waals surface area contributed by atoms with Crippen LogP contribution in [-0.2, 0) is 10.8 Å². The maximum Gasteiger partial charge on any atom is 0.0991 e. The molecule has 0 N–H and O–H groups in total. The van der Waals surface area contributed by atoms with Crippen molar-refractivity contribution >= 4 is 72.8 Å². The quantitative estimate of drug-likeness (QED) is 0.101. The molecule has 8 aromatic carbocycles. The smallest absolute Gasteiger partial charge is 0.0991 e. The van der Waals surface area contributed by atoms with E-state index in [0.29, 0.717) is 11.1 Å². The Bertz CT molecular complexity index is 3210. The second-order valence-corrected chi connectivity index (χ2v) is 32.4. The van der Waals surface area contributed by atoms with E-state index in [1.165, 1.54) is 66.0 Å². The molecule has 6 heteroatoms. The third kappa shape index (κ3) is 8.22. The number of anilines is 6. The van der Waals surface area contributed by atoms with Gasteiger partial charge >= 0.3 is 0 Å². The number of fused-ring (bicyclic) bond motifs is 6. The van der Waals surface area contributed by atoms with Crippen molar-refractivity contribution in [2.75, 3.05) is 9.80 Å². The number of benzene rings is 8. The lowest BCUT2D eigenvalue weighted by Crippen LogP contribution is -2.37. The van der Waals surface area contributed by atoms with E-state index >= 15 is 0 Å². The Balaban J connectivity index is 0.936. The van der Waals surface area contributed by atoms with Gasteiger partial charge in [0.25, 0.3) is 0 Å². The van der Waals surface area contributed by atoms with Crippen LogP contribution in [0.5, 0.6) is 0 Å². The maximum absolute atomic E-state index is 9.59. The van der Waals surface area contributed by atoms with Crippen molar-refractivity contribution in [1.29, 1.82) is 10.5 Å². The van der Waals surface area contributed by atoms with Crippen molar-refractivity contribution in [1.82, 2.24) is 0 Å². The minimum Gasteiger partial charge on any atom is -0.310 e. The molecule has 0 radical (unpaired) electrons. The van der Waals surface area contributed by atoms with Gasteiger partial charge in [-0.2, -0.15) is 10.5 Å². The summed E-state index contributed by atoms with van der Waals surface area (Å²) in [5, 5.41) is 22.0. The molecule has 344 valence electrons. The maximum atomic E-state index is 9.59. The van der Waals surface area contributed by atoms with Crippen LogP contribution in [0.4, 0.5) is 34.1 Å². The fourth-order valence-electron chi connectivity index (χ4n) is 10.6. The van der Waals surface area contributed by atoms with Gasteiger partial charge in [0.2, 0.25) is 0 Å². The summed E-state index contributed by atoms with van der Waals surface area (Å²) >= 11 is 0. The lowest BCUT2D eigenvalue weighted by atomic mass is 9.81. The monoisotopic (exact) mass is 940 g/mol. The molecular weight excluding hydrogens is 881 g/mol. The van der Waals surface area contributed by atoms with E-state index in [0.717, 1.165) is 34.1 Å². The highest BCUT2D eigenvalue weighted by atomic mass is 28.3. The molecular formula is C64H60N4Si2. The summed E-state index contributed by atoms with van der Waals surface area (Å²) in [6, 6.07) is 66.3. The molecule has 8 aromatic rings. The topological polar surface area (TPSA) is 54.1 Å². The third-order valence-electron chi connectivity index (χ3n) is 14.8. The zero-order valence-corrected chi connectivity index (χ0v) is 44.1. The molecule has 0 bridgehead atoms. The Morgan fingerprint density at radius 1 is 0.357 bits per heavy atom. The zero-order chi connectivity index (χ0) is 49.3. The highest BCUT2D eigenvalue weighted by Gasteiger charge is 2.38. The van der Waals surface area contributed by atoms with Crippen LogP contribution >= 0.6 is 0 Å². The second-order valence-electron chi connectivity index (χ2n) is 22.2. The molecule has 0 amide bonds. The standard InChI is InChI=1S/C64H60N4Si2/c1-63(2)59-37-43(17-33-55(59)57-35-27-51(39-61(57)63)67(47-19-13-45(41-65)14-20-47)49-23-29-53(30-24-49)69(5,6)7)11-12-44-18-34-56-58-36-28-52(40-62(58)64(3,4)60(56)38-44)68(48-21-15-46(42-66)16-22-48)50-25-31-54(32-26-50)70(8,9)10/h11-40H,1-10H3/b12-11+. The van der Waals surface area contributed by atoms with Crippen molar-refractivity contribution < 1.29 is 0 Å².